The van der Waals surface area contributed by atoms with Crippen LogP contribution in [-0.2, 0) is 9.53 Å². The molecule has 0 saturated heterocycles. The fraction of sp³-hybridized carbons (Fsp3) is 0.417. The number of methoxy groups -OCH3 is 1. The van der Waals surface area contributed by atoms with E-state index in [4.69, 9.17) is 4.74 Å². The van der Waals surface area contributed by atoms with Crippen LogP contribution in [0.5, 0.6) is 5.75 Å². The average molecular weight is 251 g/mol. The number of nitrogens with zero attached hydrogens (tertiary/aromatic N) is 1. The van der Waals surface area contributed by atoms with Gasteiger partial charge < -0.3 is 9.47 Å². The zero-order chi connectivity index (χ0) is 13.1. The summed E-state index contributed by atoms with van der Waals surface area (Å²) in [5, 5.41) is 10.8. The van der Waals surface area contributed by atoms with E-state index < -0.39 is 17.0 Å². The van der Waals surface area contributed by atoms with E-state index in [1.165, 1.54) is 19.2 Å². The van der Waals surface area contributed by atoms with Crippen LogP contribution in [0.15, 0.2) is 24.3 Å². The molecule has 18 heavy (non-hydrogen) atoms. The zero-order valence-electron chi connectivity index (χ0n) is 9.87. The summed E-state index contributed by atoms with van der Waals surface area (Å²) >= 11 is 0. The molecule has 6 heteroatoms. The summed E-state index contributed by atoms with van der Waals surface area (Å²) in [6, 6.07) is 6.01. The van der Waals surface area contributed by atoms with Gasteiger partial charge in [-0.1, -0.05) is 12.1 Å². The van der Waals surface area contributed by atoms with E-state index in [9.17, 15) is 14.9 Å². The van der Waals surface area contributed by atoms with Crippen LogP contribution in [0.1, 0.15) is 12.8 Å². The molecule has 0 amide bonds. The van der Waals surface area contributed by atoms with E-state index in [-0.39, 0.29) is 17.4 Å². The Labute approximate surface area is 104 Å². The van der Waals surface area contributed by atoms with Gasteiger partial charge in [-0.3, -0.25) is 10.1 Å². The topological polar surface area (TPSA) is 78.7 Å². The van der Waals surface area contributed by atoms with Gasteiger partial charge in [0.25, 0.3) is 0 Å². The van der Waals surface area contributed by atoms with Crippen molar-refractivity contribution in [3.63, 3.8) is 0 Å². The minimum atomic E-state index is -0.754. The Kier molecular flexibility index (Phi) is 3.45. The number of carbonyl (C=O) groups excluding carboxylic acids is 1. The molecular weight excluding hydrogens is 238 g/mol. The summed E-state index contributed by atoms with van der Waals surface area (Å²) in [6.07, 6.45) is 0.997. The second-order valence-electron chi connectivity index (χ2n) is 4.12. The average Bonchev–Trinajstić information content (AvgIpc) is 3.19. The molecule has 1 fully saturated rings. The van der Waals surface area contributed by atoms with E-state index in [2.05, 4.69) is 4.74 Å². The summed E-state index contributed by atoms with van der Waals surface area (Å²) in [7, 11) is 1.28. The Balaban J connectivity index is 2.21. The standard InChI is InChI=1S/C12H13NO5/c1-17-12(14)11(8-6-7-8)18-10-5-3-2-4-9(10)13(15)16/h2-5,8,11H,6-7H2,1H3. The predicted octanol–water partition coefficient (Wildman–Crippen LogP) is 1.93. The molecule has 6 nitrogen and oxygen atoms in total. The van der Waals surface area contributed by atoms with Crippen molar-refractivity contribution in [2.75, 3.05) is 7.11 Å². The number of benzene rings is 1. The molecule has 1 aliphatic carbocycles. The molecule has 0 aromatic heterocycles. The highest BCUT2D eigenvalue weighted by Gasteiger charge is 2.39. The fourth-order valence-corrected chi connectivity index (χ4v) is 1.70. The first-order valence-corrected chi connectivity index (χ1v) is 5.61. The van der Waals surface area contributed by atoms with E-state index >= 15 is 0 Å². The monoisotopic (exact) mass is 251 g/mol. The quantitative estimate of drug-likeness (QED) is 0.454. The van der Waals surface area contributed by atoms with Gasteiger partial charge in [0.05, 0.1) is 12.0 Å². The van der Waals surface area contributed by atoms with Gasteiger partial charge >= 0.3 is 11.7 Å². The number of para-hydroxylation sites is 2. The Bertz CT molecular complexity index is 469. The minimum absolute atomic E-state index is 0.0947. The lowest BCUT2D eigenvalue weighted by atomic mass is 10.2. The number of hydrogen-bond donors (Lipinski definition) is 0. The molecule has 0 spiro atoms. The highest BCUT2D eigenvalue weighted by molar-refractivity contribution is 5.76. The number of esters is 1. The van der Waals surface area contributed by atoms with Crippen LogP contribution in [0.25, 0.3) is 0 Å². The lowest BCUT2D eigenvalue weighted by molar-refractivity contribution is -0.386. The lowest BCUT2D eigenvalue weighted by Gasteiger charge is -2.15. The maximum Gasteiger partial charge on any atom is 0.347 e. The normalized spacial score (nSPS) is 15.8. The second-order valence-corrected chi connectivity index (χ2v) is 4.12. The first-order chi connectivity index (χ1) is 8.63. The van der Waals surface area contributed by atoms with Crippen LogP contribution >= 0.6 is 0 Å². The van der Waals surface area contributed by atoms with Crippen LogP contribution in [0.2, 0.25) is 0 Å². The van der Waals surface area contributed by atoms with Crippen LogP contribution in [-0.4, -0.2) is 24.1 Å². The van der Waals surface area contributed by atoms with Gasteiger partial charge in [-0.2, -0.15) is 0 Å². The Morgan fingerprint density at radius 3 is 2.67 bits per heavy atom. The molecule has 1 aromatic carbocycles. The molecule has 1 atom stereocenters. The van der Waals surface area contributed by atoms with Crippen molar-refractivity contribution in [1.82, 2.24) is 0 Å². The number of hydrogen-bond acceptors (Lipinski definition) is 5. The Morgan fingerprint density at radius 1 is 1.44 bits per heavy atom. The third-order valence-corrected chi connectivity index (χ3v) is 2.80. The largest absolute Gasteiger partial charge is 0.471 e. The molecule has 1 aliphatic rings. The maximum absolute atomic E-state index is 11.6. The number of nitro benzene ring substituents is 1. The lowest BCUT2D eigenvalue weighted by Crippen LogP contribution is -2.30. The maximum atomic E-state index is 11.6. The Hall–Kier alpha value is -2.11. The molecule has 1 unspecified atom stereocenters. The Morgan fingerprint density at radius 2 is 2.11 bits per heavy atom. The second kappa shape index (κ2) is 5.03. The van der Waals surface area contributed by atoms with Gasteiger partial charge in [0.1, 0.15) is 0 Å². The highest BCUT2D eigenvalue weighted by Crippen LogP contribution is 2.37. The van der Waals surface area contributed by atoms with Gasteiger partial charge in [0.2, 0.25) is 0 Å². The van der Waals surface area contributed by atoms with Gasteiger partial charge in [0, 0.05) is 12.0 Å². The van der Waals surface area contributed by atoms with Crippen LogP contribution in [0, 0.1) is 16.0 Å². The van der Waals surface area contributed by atoms with Crippen LogP contribution < -0.4 is 4.74 Å². The van der Waals surface area contributed by atoms with Crippen LogP contribution in [0.4, 0.5) is 5.69 Å². The third-order valence-electron chi connectivity index (χ3n) is 2.80. The fourth-order valence-electron chi connectivity index (χ4n) is 1.70. The first-order valence-electron chi connectivity index (χ1n) is 5.61. The highest BCUT2D eigenvalue weighted by atomic mass is 16.6. The van der Waals surface area contributed by atoms with E-state index in [1.807, 2.05) is 0 Å². The van der Waals surface area contributed by atoms with E-state index in [1.54, 1.807) is 12.1 Å². The smallest absolute Gasteiger partial charge is 0.347 e. The first kappa shape index (κ1) is 12.3. The number of rotatable bonds is 5. The molecule has 2 rings (SSSR count). The van der Waals surface area contributed by atoms with Gasteiger partial charge in [0.15, 0.2) is 11.9 Å². The molecule has 1 saturated carbocycles. The molecule has 0 bridgehead atoms. The number of ether oxygens (including phenoxy) is 2. The van der Waals surface area contributed by atoms with Gasteiger partial charge in [-0.05, 0) is 18.9 Å². The molecule has 0 radical (unpaired) electrons. The van der Waals surface area contributed by atoms with Crippen molar-refractivity contribution in [3.05, 3.63) is 34.4 Å². The van der Waals surface area contributed by atoms with Crippen molar-refractivity contribution in [2.24, 2.45) is 5.92 Å². The van der Waals surface area contributed by atoms with Crippen molar-refractivity contribution >= 4 is 11.7 Å². The van der Waals surface area contributed by atoms with Crippen molar-refractivity contribution in [1.29, 1.82) is 0 Å². The molecule has 0 N–H and O–H groups in total. The summed E-state index contributed by atoms with van der Waals surface area (Å²) < 4.78 is 10.1. The van der Waals surface area contributed by atoms with Crippen LogP contribution in [0.3, 0.4) is 0 Å². The van der Waals surface area contributed by atoms with Crippen molar-refractivity contribution in [3.8, 4) is 5.75 Å². The van der Waals surface area contributed by atoms with Gasteiger partial charge in [-0.25, -0.2) is 4.79 Å². The molecule has 0 aliphatic heterocycles. The summed E-state index contributed by atoms with van der Waals surface area (Å²) in [4.78, 5) is 21.9. The zero-order valence-corrected chi connectivity index (χ0v) is 9.87. The predicted molar refractivity (Wildman–Crippen MR) is 62.3 cm³/mol. The van der Waals surface area contributed by atoms with Crippen molar-refractivity contribution < 1.29 is 19.2 Å². The van der Waals surface area contributed by atoms with E-state index in [0.717, 1.165) is 12.8 Å². The number of carbonyl (C=O) groups is 1. The molecule has 96 valence electrons. The van der Waals surface area contributed by atoms with E-state index in [0.29, 0.717) is 0 Å². The molecule has 0 heterocycles. The minimum Gasteiger partial charge on any atom is -0.471 e. The SMILES string of the molecule is COC(=O)C(Oc1ccccc1[N+](=O)[O-])C1CC1. The third kappa shape index (κ3) is 2.58. The van der Waals surface area contributed by atoms with Crippen molar-refractivity contribution in [2.45, 2.75) is 18.9 Å². The summed E-state index contributed by atoms with van der Waals surface area (Å²) in [5.74, 6) is -0.294. The summed E-state index contributed by atoms with van der Waals surface area (Å²) in [6.45, 7) is 0. The molecule has 1 aromatic rings. The molecular formula is C12H13NO5. The summed E-state index contributed by atoms with van der Waals surface area (Å²) in [5.41, 5.74) is -0.146. The number of nitro groups is 1. The van der Waals surface area contributed by atoms with Gasteiger partial charge in [-0.15, -0.1) is 0 Å².